The van der Waals surface area contributed by atoms with Crippen LogP contribution in [0.4, 0.5) is 0 Å². The number of hydrogen-bond donors (Lipinski definition) is 5. The minimum atomic E-state index is -4.85. The summed E-state index contributed by atoms with van der Waals surface area (Å²) >= 11 is 0. The molecule has 0 aliphatic heterocycles. The standard InChI is InChI=1S/C47H83O13P/c1-3-5-7-9-11-13-15-17-19-21-23-25-30-34-40(48)56-36-39(58-41(49)35-31-26-24-22-20-18-16-14-12-10-8-6-4-2)37-57-61(55,59-38-32-28-27-29-33-38)60-47-45(53)43(51)42(50)44(52)46(47)54/h27-29,32-33,39,42-47,50-54H,3-26,30-31,34-37H2,1-2H3/t39-,42?,43-,44+,45-,46-,47?,61?/m1/s1. The predicted molar refractivity (Wildman–Crippen MR) is 237 cm³/mol. The number of carbonyl (C=O) groups is 2. The van der Waals surface area contributed by atoms with E-state index in [1.54, 1.807) is 18.2 Å². The Bertz CT molecular complexity index is 1270. The summed E-state index contributed by atoms with van der Waals surface area (Å²) in [7, 11) is -4.85. The quantitative estimate of drug-likeness (QED) is 0.0239. The first-order valence-corrected chi connectivity index (χ1v) is 25.4. The van der Waals surface area contributed by atoms with Gasteiger partial charge in [-0.1, -0.05) is 186 Å². The van der Waals surface area contributed by atoms with Crippen molar-refractivity contribution in [3.05, 3.63) is 30.3 Å². The minimum absolute atomic E-state index is 0.0203. The molecule has 1 aliphatic carbocycles. The molecule has 0 aromatic heterocycles. The molecular weight excluding hydrogens is 803 g/mol. The number of phosphoric ester groups is 1. The molecule has 2 rings (SSSR count). The molecule has 0 radical (unpaired) electrons. The van der Waals surface area contributed by atoms with Crippen LogP contribution in [0.15, 0.2) is 30.3 Å². The van der Waals surface area contributed by atoms with E-state index in [2.05, 4.69) is 13.8 Å². The van der Waals surface area contributed by atoms with Crippen LogP contribution >= 0.6 is 7.82 Å². The number of hydrogen-bond acceptors (Lipinski definition) is 13. The van der Waals surface area contributed by atoms with Crippen molar-refractivity contribution in [1.82, 2.24) is 0 Å². The largest absolute Gasteiger partial charge is 0.530 e. The lowest BCUT2D eigenvalue weighted by molar-refractivity contribution is -0.220. The highest BCUT2D eigenvalue weighted by Crippen LogP contribution is 2.52. The van der Waals surface area contributed by atoms with Crippen LogP contribution in [0.3, 0.4) is 0 Å². The Morgan fingerprint density at radius 3 is 1.33 bits per heavy atom. The normalized spacial score (nSPS) is 21.8. The molecule has 1 aliphatic rings. The Labute approximate surface area is 367 Å². The number of ether oxygens (including phenoxy) is 2. The summed E-state index contributed by atoms with van der Waals surface area (Å²) < 4.78 is 42.0. The first-order chi connectivity index (χ1) is 29.5. The number of unbranched alkanes of at least 4 members (excludes halogenated alkanes) is 24. The van der Waals surface area contributed by atoms with Crippen LogP contribution in [0, 0.1) is 0 Å². The van der Waals surface area contributed by atoms with Gasteiger partial charge >= 0.3 is 19.8 Å². The van der Waals surface area contributed by atoms with Gasteiger partial charge in [-0.3, -0.25) is 18.6 Å². The number of esters is 2. The van der Waals surface area contributed by atoms with Crippen molar-refractivity contribution in [2.75, 3.05) is 13.2 Å². The van der Waals surface area contributed by atoms with Crippen LogP contribution in [0.2, 0.25) is 0 Å². The Balaban J connectivity index is 1.92. The fourth-order valence-corrected chi connectivity index (χ4v) is 8.96. The maximum atomic E-state index is 14.2. The second kappa shape index (κ2) is 34.3. The predicted octanol–water partition coefficient (Wildman–Crippen LogP) is 9.81. The zero-order valence-electron chi connectivity index (χ0n) is 37.6. The Morgan fingerprint density at radius 1 is 0.525 bits per heavy atom. The molecule has 0 heterocycles. The fraction of sp³-hybridized carbons (Fsp3) is 0.830. The molecule has 1 saturated carbocycles. The maximum absolute atomic E-state index is 14.2. The summed E-state index contributed by atoms with van der Waals surface area (Å²) in [6.07, 6.45) is 17.7. The summed E-state index contributed by atoms with van der Waals surface area (Å²) in [6.45, 7) is 3.43. The zero-order chi connectivity index (χ0) is 44.6. The van der Waals surface area contributed by atoms with Gasteiger partial charge in [0.1, 0.15) is 55.6 Å². The highest BCUT2D eigenvalue weighted by Gasteiger charge is 2.52. The molecule has 61 heavy (non-hydrogen) atoms. The molecule has 0 saturated heterocycles. The van der Waals surface area contributed by atoms with Gasteiger partial charge in [0.05, 0.1) is 0 Å². The van der Waals surface area contributed by atoms with E-state index in [4.69, 9.17) is 23.0 Å². The molecule has 1 aromatic carbocycles. The second-order valence-electron chi connectivity index (χ2n) is 17.0. The van der Waals surface area contributed by atoms with Gasteiger partial charge in [0.2, 0.25) is 0 Å². The van der Waals surface area contributed by atoms with Crippen LogP contribution in [-0.4, -0.2) is 93.4 Å². The van der Waals surface area contributed by atoms with Gasteiger partial charge in [0.25, 0.3) is 0 Å². The average Bonchev–Trinajstić information content (AvgIpc) is 3.25. The number of benzene rings is 1. The monoisotopic (exact) mass is 887 g/mol. The molecule has 8 atom stereocenters. The van der Waals surface area contributed by atoms with Crippen LogP contribution < -0.4 is 4.52 Å². The SMILES string of the molecule is CCCCCCCCCCCCCCCC(=O)OC[C@H](COP(=O)(Oc1ccccc1)OC1[C@H](O)[C@H](O)C(O)[C@H](O)[C@H]1O)OC(=O)CCCCCCCCCCCCCCC. The lowest BCUT2D eigenvalue weighted by Crippen LogP contribution is -2.64. The van der Waals surface area contributed by atoms with Crippen molar-refractivity contribution in [1.29, 1.82) is 0 Å². The van der Waals surface area contributed by atoms with Crippen molar-refractivity contribution in [3.63, 3.8) is 0 Å². The van der Waals surface area contributed by atoms with Crippen molar-refractivity contribution < 1.29 is 62.7 Å². The van der Waals surface area contributed by atoms with Crippen molar-refractivity contribution in [2.24, 2.45) is 0 Å². The van der Waals surface area contributed by atoms with Crippen LogP contribution in [0.5, 0.6) is 5.75 Å². The van der Waals surface area contributed by atoms with E-state index in [1.807, 2.05) is 0 Å². The summed E-state index contributed by atoms with van der Waals surface area (Å²) in [5, 5.41) is 51.8. The number of phosphoric acid groups is 1. The van der Waals surface area contributed by atoms with Gasteiger partial charge < -0.3 is 39.5 Å². The van der Waals surface area contributed by atoms with Crippen LogP contribution in [0.25, 0.3) is 0 Å². The number of carbonyl (C=O) groups excluding carboxylic acids is 2. The van der Waals surface area contributed by atoms with E-state index in [0.717, 1.165) is 38.5 Å². The maximum Gasteiger partial charge on any atom is 0.530 e. The smallest absolute Gasteiger partial charge is 0.462 e. The second-order valence-corrected chi connectivity index (χ2v) is 18.5. The summed E-state index contributed by atoms with van der Waals surface area (Å²) in [5.74, 6) is -1.01. The van der Waals surface area contributed by atoms with Crippen molar-refractivity contribution in [3.8, 4) is 5.75 Å². The third kappa shape index (κ3) is 25.1. The van der Waals surface area contributed by atoms with Gasteiger partial charge in [-0.2, -0.15) is 0 Å². The first-order valence-electron chi connectivity index (χ1n) is 23.9. The Kier molecular flexibility index (Phi) is 31.0. The lowest BCUT2D eigenvalue weighted by Gasteiger charge is -2.41. The van der Waals surface area contributed by atoms with Crippen molar-refractivity contribution >= 4 is 19.8 Å². The molecule has 0 bridgehead atoms. The number of aliphatic hydroxyl groups excluding tert-OH is 5. The molecule has 354 valence electrons. The van der Waals surface area contributed by atoms with Crippen LogP contribution in [-0.2, 0) is 32.7 Å². The zero-order valence-corrected chi connectivity index (χ0v) is 38.5. The van der Waals surface area contributed by atoms with Gasteiger partial charge in [0.15, 0.2) is 6.10 Å². The topological polar surface area (TPSA) is 199 Å². The highest BCUT2D eigenvalue weighted by molar-refractivity contribution is 7.49. The molecule has 5 N–H and O–H groups in total. The lowest BCUT2D eigenvalue weighted by atomic mass is 9.85. The Morgan fingerprint density at radius 2 is 0.902 bits per heavy atom. The molecule has 3 unspecified atom stereocenters. The van der Waals surface area contributed by atoms with Gasteiger partial charge in [0, 0.05) is 12.8 Å². The molecule has 1 aromatic rings. The third-order valence-corrected chi connectivity index (χ3v) is 12.8. The number of aliphatic hydroxyl groups is 5. The third-order valence-electron chi connectivity index (χ3n) is 11.4. The summed E-state index contributed by atoms with van der Waals surface area (Å²) in [4.78, 5) is 25.8. The first kappa shape index (κ1) is 55.0. The fourth-order valence-electron chi connectivity index (χ4n) is 7.53. The van der Waals surface area contributed by atoms with E-state index < -0.39 is 75.7 Å². The molecule has 1 fully saturated rings. The summed E-state index contributed by atoms with van der Waals surface area (Å²) in [5.41, 5.74) is 0. The van der Waals surface area contributed by atoms with E-state index in [1.165, 1.54) is 128 Å². The van der Waals surface area contributed by atoms with Crippen molar-refractivity contribution in [2.45, 2.75) is 236 Å². The number of para-hydroxylation sites is 1. The molecule has 0 amide bonds. The van der Waals surface area contributed by atoms with E-state index in [-0.39, 0.29) is 18.6 Å². The van der Waals surface area contributed by atoms with Gasteiger partial charge in [-0.05, 0) is 25.0 Å². The van der Waals surface area contributed by atoms with E-state index in [9.17, 15) is 39.7 Å². The average molecular weight is 887 g/mol. The Hall–Kier alpha value is -2.09. The van der Waals surface area contributed by atoms with Gasteiger partial charge in [-0.25, -0.2) is 4.57 Å². The van der Waals surface area contributed by atoms with Crippen LogP contribution in [0.1, 0.15) is 194 Å². The summed E-state index contributed by atoms with van der Waals surface area (Å²) in [6, 6.07) is 7.76. The molecule has 14 heteroatoms. The van der Waals surface area contributed by atoms with E-state index >= 15 is 0 Å². The number of rotatable bonds is 38. The molecule has 13 nitrogen and oxygen atoms in total. The van der Waals surface area contributed by atoms with E-state index in [0.29, 0.717) is 12.8 Å². The molecular formula is C47H83O13P. The van der Waals surface area contributed by atoms with Gasteiger partial charge in [-0.15, -0.1) is 0 Å². The molecule has 0 spiro atoms. The minimum Gasteiger partial charge on any atom is -0.462 e. The highest BCUT2D eigenvalue weighted by atomic mass is 31.2.